The second-order valence-electron chi connectivity index (χ2n) is 18.5. The van der Waals surface area contributed by atoms with Crippen molar-refractivity contribution in [2.75, 3.05) is 20.8 Å². The Hall–Kier alpha value is -3.69. The number of nitrogens with zero attached hydrogens (tertiary/aromatic N) is 1. The van der Waals surface area contributed by atoms with E-state index in [1.807, 2.05) is 20.8 Å². The number of Topliss-reactive ketones (excluding diaryl/α,β-unsaturated/α-hetero) is 2. The molecule has 3 heterocycles. The SMILES string of the molecule is CCC1C=C(C)C(F)C(C)CC(OC)C2OC(O)(C(=O)C(=O)N3CCCCC3C(=O)OC(C(C)=CC3CCC(N)C(Oc4ccc(O)cc4)C3)C(C)CCC1=O)C(C)CC2OC. The van der Waals surface area contributed by atoms with Gasteiger partial charge in [-0.3, -0.25) is 14.4 Å². The number of aliphatic hydroxyl groups is 1. The summed E-state index contributed by atoms with van der Waals surface area (Å²) in [6, 6.07) is 5.18. The molecule has 62 heavy (non-hydrogen) atoms. The quantitative estimate of drug-likeness (QED) is 0.153. The number of ketones is 2. The first-order valence-electron chi connectivity index (χ1n) is 22.7. The van der Waals surface area contributed by atoms with E-state index in [2.05, 4.69) is 6.08 Å². The van der Waals surface area contributed by atoms with Crippen LogP contribution in [0.2, 0.25) is 0 Å². The molecule has 13 nitrogen and oxygen atoms in total. The van der Waals surface area contributed by atoms with E-state index in [1.54, 1.807) is 51.1 Å². The lowest BCUT2D eigenvalue weighted by molar-refractivity contribution is -0.302. The van der Waals surface area contributed by atoms with Crippen LogP contribution in [0.3, 0.4) is 0 Å². The molecule has 1 aromatic rings. The number of carbonyl (C=O) groups excluding carboxylic acids is 4. The van der Waals surface area contributed by atoms with Crippen LogP contribution < -0.4 is 10.5 Å². The van der Waals surface area contributed by atoms with E-state index in [0.29, 0.717) is 49.8 Å². The molecule has 4 N–H and O–H groups in total. The Morgan fingerprint density at radius 3 is 2.29 bits per heavy atom. The van der Waals surface area contributed by atoms with Gasteiger partial charge in [-0.2, -0.15) is 0 Å². The van der Waals surface area contributed by atoms with Gasteiger partial charge in [-0.15, -0.1) is 0 Å². The Balaban J connectivity index is 1.49. The summed E-state index contributed by atoms with van der Waals surface area (Å²) >= 11 is 0. The van der Waals surface area contributed by atoms with E-state index in [9.17, 15) is 29.4 Å². The molecule has 2 saturated heterocycles. The molecule has 1 amide bonds. The molecule has 4 aliphatic rings. The van der Waals surface area contributed by atoms with Crippen molar-refractivity contribution < 1.29 is 57.5 Å². The highest BCUT2D eigenvalue weighted by Gasteiger charge is 2.56. The zero-order chi connectivity index (χ0) is 45.5. The monoisotopic (exact) mass is 871 g/mol. The minimum absolute atomic E-state index is 0.0195. The molecule has 1 saturated carbocycles. The maximum atomic E-state index is 16.3. The molecule has 346 valence electrons. The number of phenols is 1. The van der Waals surface area contributed by atoms with Gasteiger partial charge in [0.05, 0.1) is 12.2 Å². The van der Waals surface area contributed by atoms with Crippen molar-refractivity contribution in [2.45, 2.75) is 167 Å². The van der Waals surface area contributed by atoms with E-state index >= 15 is 4.39 Å². The highest BCUT2D eigenvalue weighted by molar-refractivity contribution is 6.39. The van der Waals surface area contributed by atoms with Crippen molar-refractivity contribution in [2.24, 2.45) is 35.3 Å². The number of ether oxygens (including phenoxy) is 5. The fraction of sp³-hybridized carbons (Fsp3) is 0.708. The van der Waals surface area contributed by atoms with Gasteiger partial charge in [0, 0.05) is 45.1 Å². The lowest BCUT2D eigenvalue weighted by Crippen LogP contribution is -2.64. The van der Waals surface area contributed by atoms with Crippen LogP contribution in [-0.4, -0.2) is 114 Å². The summed E-state index contributed by atoms with van der Waals surface area (Å²) in [5, 5.41) is 21.8. The van der Waals surface area contributed by atoms with Crippen molar-refractivity contribution in [3.8, 4) is 11.5 Å². The van der Waals surface area contributed by atoms with Crippen LogP contribution in [0.4, 0.5) is 4.39 Å². The van der Waals surface area contributed by atoms with Crippen LogP contribution in [0.5, 0.6) is 11.5 Å². The molecular formula is C48H71FN2O11. The van der Waals surface area contributed by atoms with Crippen molar-refractivity contribution >= 4 is 23.4 Å². The molecule has 0 spiro atoms. The van der Waals surface area contributed by atoms with E-state index in [0.717, 1.165) is 12.0 Å². The number of carbonyl (C=O) groups is 4. The summed E-state index contributed by atoms with van der Waals surface area (Å²) < 4.78 is 46.7. The number of benzene rings is 1. The highest BCUT2D eigenvalue weighted by atomic mass is 19.1. The third-order valence-corrected chi connectivity index (χ3v) is 13.9. The predicted octanol–water partition coefficient (Wildman–Crippen LogP) is 6.55. The number of methoxy groups -OCH3 is 2. The molecule has 1 aliphatic carbocycles. The van der Waals surface area contributed by atoms with Crippen LogP contribution >= 0.6 is 0 Å². The van der Waals surface area contributed by atoms with Gasteiger partial charge < -0.3 is 44.5 Å². The first-order valence-corrected chi connectivity index (χ1v) is 22.7. The van der Waals surface area contributed by atoms with Gasteiger partial charge in [-0.25, -0.2) is 9.18 Å². The number of allylic oxidation sites excluding steroid dienone is 3. The zero-order valence-corrected chi connectivity index (χ0v) is 37.9. The van der Waals surface area contributed by atoms with E-state index in [4.69, 9.17) is 29.4 Å². The maximum Gasteiger partial charge on any atom is 0.329 e. The topological polar surface area (TPSA) is 184 Å². The Kier molecular flexibility index (Phi) is 17.3. The number of rotatable bonds is 7. The molecular weight excluding hydrogens is 800 g/mol. The Bertz CT molecular complexity index is 1770. The average molecular weight is 871 g/mol. The number of cyclic esters (lactones) is 1. The first-order chi connectivity index (χ1) is 29.4. The molecule has 3 fully saturated rings. The van der Waals surface area contributed by atoms with E-state index < -0.39 is 77.8 Å². The highest BCUT2D eigenvalue weighted by Crippen LogP contribution is 2.40. The van der Waals surface area contributed by atoms with Gasteiger partial charge in [0.15, 0.2) is 0 Å². The molecule has 5 rings (SSSR count). The second kappa shape index (κ2) is 21.8. The number of nitrogens with two attached hydrogens (primary N) is 1. The number of hydrogen-bond acceptors (Lipinski definition) is 12. The van der Waals surface area contributed by atoms with Gasteiger partial charge in [0.1, 0.15) is 47.8 Å². The summed E-state index contributed by atoms with van der Waals surface area (Å²) in [6.45, 7) is 10.8. The van der Waals surface area contributed by atoms with Crippen molar-refractivity contribution in [3.05, 3.63) is 47.6 Å². The third kappa shape index (κ3) is 11.5. The van der Waals surface area contributed by atoms with Gasteiger partial charge in [-0.05, 0) is 131 Å². The number of halogens is 1. The molecule has 2 bridgehead atoms. The number of piperidine rings is 1. The first kappa shape index (κ1) is 49.3. The largest absolute Gasteiger partial charge is 0.508 e. The molecule has 0 radical (unpaired) electrons. The van der Waals surface area contributed by atoms with E-state index in [-0.39, 0.29) is 67.7 Å². The fourth-order valence-electron chi connectivity index (χ4n) is 9.92. The van der Waals surface area contributed by atoms with Crippen molar-refractivity contribution in [1.29, 1.82) is 0 Å². The number of alkyl halides is 1. The molecule has 1 aromatic carbocycles. The van der Waals surface area contributed by atoms with Crippen LogP contribution in [0.15, 0.2) is 47.6 Å². The standard InChI is InChI=1S/C48H71FN2O11/c1-9-33-23-28(3)42(49)29(4)24-40(58-7)44-41(59-8)25-31(6)48(57,62-44)45(54)46(55)51-21-11-10-12-37(51)47(56)61-43(27(2)13-20-38(33)53)30(5)22-32-14-19-36(50)39(26-32)60-35-17-15-34(52)16-18-35/h15-18,22-23,27,29,31-33,36-37,39-44,52,57H,9-14,19-21,24-26,50H2,1-8H3. The average Bonchev–Trinajstić information content (AvgIpc) is 3.26. The fourth-order valence-corrected chi connectivity index (χ4v) is 9.92. The number of phenolic OH excluding ortho intramolecular Hbond substituents is 1. The van der Waals surface area contributed by atoms with E-state index in [1.165, 1.54) is 19.1 Å². The predicted molar refractivity (Wildman–Crippen MR) is 231 cm³/mol. The minimum Gasteiger partial charge on any atom is -0.508 e. The van der Waals surface area contributed by atoms with Crippen LogP contribution in [0.1, 0.15) is 112 Å². The molecule has 0 aromatic heterocycles. The summed E-state index contributed by atoms with van der Waals surface area (Å²) in [5.41, 5.74) is 7.70. The molecule has 14 atom stereocenters. The summed E-state index contributed by atoms with van der Waals surface area (Å²) in [7, 11) is 2.91. The molecule has 14 heteroatoms. The normalized spacial score (nSPS) is 37.7. The Morgan fingerprint density at radius 2 is 1.63 bits per heavy atom. The lowest BCUT2D eigenvalue weighted by Gasteiger charge is -2.47. The van der Waals surface area contributed by atoms with Crippen molar-refractivity contribution in [3.63, 3.8) is 0 Å². The van der Waals surface area contributed by atoms with Gasteiger partial charge >= 0.3 is 5.97 Å². The zero-order valence-electron chi connectivity index (χ0n) is 37.9. The number of aromatic hydroxyl groups is 1. The van der Waals surface area contributed by atoms with Crippen LogP contribution in [-0.2, 0) is 38.1 Å². The van der Waals surface area contributed by atoms with Crippen molar-refractivity contribution in [1.82, 2.24) is 4.90 Å². The summed E-state index contributed by atoms with van der Waals surface area (Å²) in [5.74, 6) is -7.20. The smallest absolute Gasteiger partial charge is 0.329 e. The number of hydrogen-bond donors (Lipinski definition) is 3. The Morgan fingerprint density at radius 1 is 0.952 bits per heavy atom. The minimum atomic E-state index is -2.58. The van der Waals surface area contributed by atoms with Gasteiger partial charge in [0.2, 0.25) is 5.79 Å². The molecule has 3 aliphatic heterocycles. The summed E-state index contributed by atoms with van der Waals surface area (Å²) in [4.78, 5) is 58.1. The molecule has 14 unspecified atom stereocenters. The number of fused-ring (bicyclic) bond motifs is 3. The van der Waals surface area contributed by atoms with Gasteiger partial charge in [0.25, 0.3) is 11.7 Å². The van der Waals surface area contributed by atoms with Crippen LogP contribution in [0, 0.1) is 29.6 Å². The van der Waals surface area contributed by atoms with Crippen LogP contribution in [0.25, 0.3) is 0 Å². The third-order valence-electron chi connectivity index (χ3n) is 13.9. The number of esters is 1. The van der Waals surface area contributed by atoms with Gasteiger partial charge in [-0.1, -0.05) is 39.8 Å². The lowest BCUT2D eigenvalue weighted by atomic mass is 9.81. The maximum absolute atomic E-state index is 16.3. The second-order valence-corrected chi connectivity index (χ2v) is 18.5. The summed E-state index contributed by atoms with van der Waals surface area (Å²) in [6.07, 6.45) is 3.43. The number of amides is 1. The Labute approximate surface area is 366 Å².